The first-order chi connectivity index (χ1) is 14.4. The van der Waals surface area contributed by atoms with Crippen LogP contribution in [0.1, 0.15) is 23.7 Å². The van der Waals surface area contributed by atoms with Crippen molar-refractivity contribution in [2.24, 2.45) is 4.99 Å². The van der Waals surface area contributed by atoms with Crippen LogP contribution in [0.15, 0.2) is 58.3 Å². The average Bonchev–Trinajstić information content (AvgIpc) is 3.05. The molecule has 3 aromatic rings. The van der Waals surface area contributed by atoms with Crippen LogP contribution in [0.4, 0.5) is 8.78 Å². The summed E-state index contributed by atoms with van der Waals surface area (Å²) in [6, 6.07) is 11.5. The minimum Gasteiger partial charge on any atom is -0.469 e. The number of H-pyrrole nitrogens is 1. The molecule has 30 heavy (non-hydrogen) atoms. The van der Waals surface area contributed by atoms with Gasteiger partial charge in [-0.3, -0.25) is 19.7 Å². The molecule has 0 bridgehead atoms. The van der Waals surface area contributed by atoms with Crippen molar-refractivity contribution < 1.29 is 18.3 Å². The van der Waals surface area contributed by atoms with Gasteiger partial charge in [-0.25, -0.2) is 13.5 Å². The molecule has 3 rings (SSSR count). The van der Waals surface area contributed by atoms with E-state index in [9.17, 15) is 18.4 Å². The van der Waals surface area contributed by atoms with Crippen LogP contribution >= 0.6 is 0 Å². The van der Waals surface area contributed by atoms with Gasteiger partial charge in [0.1, 0.15) is 11.6 Å². The molecular weight excluding hydrogens is 392 g/mol. The first-order valence-electron chi connectivity index (χ1n) is 9.31. The molecular formula is C22H21F2N3O3. The molecule has 1 heterocycles. The van der Waals surface area contributed by atoms with Gasteiger partial charge >= 0.3 is 5.97 Å². The van der Waals surface area contributed by atoms with Crippen LogP contribution in [0.3, 0.4) is 0 Å². The molecule has 0 radical (unpaired) electrons. The number of aromatic amines is 1. The normalized spacial score (nSPS) is 11.5. The second-order valence-corrected chi connectivity index (χ2v) is 6.68. The summed E-state index contributed by atoms with van der Waals surface area (Å²) in [6.07, 6.45) is 0.431. The fraction of sp³-hybridized carbons (Fsp3) is 0.227. The molecule has 156 valence electrons. The molecule has 0 aliphatic heterocycles. The van der Waals surface area contributed by atoms with Gasteiger partial charge in [-0.15, -0.1) is 0 Å². The predicted molar refractivity (Wildman–Crippen MR) is 109 cm³/mol. The quantitative estimate of drug-likeness (QED) is 0.477. The zero-order valence-electron chi connectivity index (χ0n) is 16.6. The van der Waals surface area contributed by atoms with Gasteiger partial charge in [0, 0.05) is 12.3 Å². The highest BCUT2D eigenvalue weighted by Gasteiger charge is 2.20. The predicted octanol–water partition coefficient (Wildman–Crippen LogP) is 3.21. The third kappa shape index (κ3) is 4.89. The Balaban J connectivity index is 1.92. The number of halogens is 2. The van der Waals surface area contributed by atoms with Gasteiger partial charge in [0.25, 0.3) is 5.56 Å². The summed E-state index contributed by atoms with van der Waals surface area (Å²) >= 11 is 0. The van der Waals surface area contributed by atoms with Crippen molar-refractivity contribution in [1.82, 2.24) is 9.78 Å². The Bertz CT molecular complexity index is 1110. The van der Waals surface area contributed by atoms with E-state index in [1.54, 1.807) is 19.1 Å². The maximum absolute atomic E-state index is 13.2. The standard InChI is InChI=1S/C22H21F2N3O3/c1-14(25-12-11-15-3-5-16(23)6-4-15)21-19(13-20(28)30-2)26-27(22(21)29)18-9-7-17(24)8-10-18/h3-10,26H,11-13H2,1-2H3. The minimum absolute atomic E-state index is 0.139. The summed E-state index contributed by atoms with van der Waals surface area (Å²) in [5.74, 6) is -1.24. The van der Waals surface area contributed by atoms with E-state index in [0.717, 1.165) is 5.56 Å². The molecule has 1 aromatic heterocycles. The van der Waals surface area contributed by atoms with Crippen molar-refractivity contribution >= 4 is 11.7 Å². The molecule has 0 spiro atoms. The van der Waals surface area contributed by atoms with Gasteiger partial charge in [0.05, 0.1) is 30.5 Å². The zero-order valence-corrected chi connectivity index (χ0v) is 16.6. The SMILES string of the molecule is COC(=O)Cc1[nH]n(-c2ccc(F)cc2)c(=O)c1C(C)=NCCc1ccc(F)cc1. The van der Waals surface area contributed by atoms with Crippen LogP contribution in [0.2, 0.25) is 0 Å². The average molecular weight is 413 g/mol. The highest BCUT2D eigenvalue weighted by atomic mass is 19.1. The number of aromatic nitrogens is 2. The molecule has 8 heteroatoms. The van der Waals surface area contributed by atoms with Gasteiger partial charge in [-0.1, -0.05) is 12.1 Å². The highest BCUT2D eigenvalue weighted by Crippen LogP contribution is 2.12. The van der Waals surface area contributed by atoms with Gasteiger partial charge in [-0.2, -0.15) is 0 Å². The van der Waals surface area contributed by atoms with Crippen LogP contribution in [0.5, 0.6) is 0 Å². The second kappa shape index (κ2) is 9.30. The Hall–Kier alpha value is -3.55. The van der Waals surface area contributed by atoms with E-state index in [4.69, 9.17) is 4.74 Å². The van der Waals surface area contributed by atoms with E-state index in [1.807, 2.05) is 0 Å². The maximum Gasteiger partial charge on any atom is 0.311 e. The lowest BCUT2D eigenvalue weighted by Gasteiger charge is -2.03. The molecule has 0 aliphatic carbocycles. The van der Waals surface area contributed by atoms with Crippen molar-refractivity contribution in [1.29, 1.82) is 0 Å². The Labute approximate surface area is 171 Å². The van der Waals surface area contributed by atoms with Crippen LogP contribution < -0.4 is 5.56 Å². The van der Waals surface area contributed by atoms with Crippen molar-refractivity contribution in [3.8, 4) is 5.69 Å². The van der Waals surface area contributed by atoms with Gasteiger partial charge < -0.3 is 4.74 Å². The number of nitrogens with zero attached hydrogens (tertiary/aromatic N) is 2. The number of rotatable bonds is 7. The van der Waals surface area contributed by atoms with E-state index >= 15 is 0 Å². The number of esters is 1. The van der Waals surface area contributed by atoms with Gasteiger partial charge in [0.15, 0.2) is 0 Å². The summed E-state index contributed by atoms with van der Waals surface area (Å²) < 4.78 is 32.2. The van der Waals surface area contributed by atoms with Gasteiger partial charge in [0.2, 0.25) is 0 Å². The summed E-state index contributed by atoms with van der Waals surface area (Å²) in [5, 5.41) is 2.90. The van der Waals surface area contributed by atoms with Crippen LogP contribution in [0.25, 0.3) is 5.69 Å². The van der Waals surface area contributed by atoms with E-state index in [2.05, 4.69) is 10.1 Å². The zero-order chi connectivity index (χ0) is 21.7. The van der Waals surface area contributed by atoms with Crippen LogP contribution in [-0.2, 0) is 22.4 Å². The monoisotopic (exact) mass is 413 g/mol. The van der Waals surface area contributed by atoms with E-state index in [0.29, 0.717) is 30.1 Å². The number of ether oxygens (including phenoxy) is 1. The third-order valence-corrected chi connectivity index (χ3v) is 4.62. The molecule has 2 aromatic carbocycles. The number of hydrogen-bond acceptors (Lipinski definition) is 4. The van der Waals surface area contributed by atoms with E-state index in [1.165, 1.54) is 48.2 Å². The van der Waals surface area contributed by atoms with E-state index in [-0.39, 0.29) is 17.8 Å². The van der Waals surface area contributed by atoms with E-state index < -0.39 is 17.3 Å². The minimum atomic E-state index is -0.511. The molecule has 1 N–H and O–H groups in total. The van der Waals surface area contributed by atoms with Crippen molar-refractivity contribution in [2.45, 2.75) is 19.8 Å². The first kappa shape index (κ1) is 21.2. The Kier molecular flexibility index (Phi) is 6.56. The number of carbonyl (C=O) groups is 1. The largest absolute Gasteiger partial charge is 0.469 e. The van der Waals surface area contributed by atoms with Crippen LogP contribution in [-0.4, -0.2) is 35.1 Å². The highest BCUT2D eigenvalue weighted by molar-refractivity contribution is 6.00. The summed E-state index contributed by atoms with van der Waals surface area (Å²) in [7, 11) is 1.26. The summed E-state index contributed by atoms with van der Waals surface area (Å²) in [5.41, 5.74) is 2.03. The van der Waals surface area contributed by atoms with Crippen molar-refractivity contribution in [2.75, 3.05) is 13.7 Å². The number of carbonyl (C=O) groups excluding carboxylic acids is 1. The van der Waals surface area contributed by atoms with Crippen molar-refractivity contribution in [3.05, 3.63) is 87.3 Å². The van der Waals surface area contributed by atoms with Crippen LogP contribution in [0, 0.1) is 11.6 Å². The first-order valence-corrected chi connectivity index (χ1v) is 9.31. The number of benzene rings is 2. The molecule has 0 fully saturated rings. The fourth-order valence-corrected chi connectivity index (χ4v) is 3.05. The number of nitrogens with one attached hydrogen (secondary N) is 1. The lowest BCUT2D eigenvalue weighted by Crippen LogP contribution is -2.20. The molecule has 6 nitrogen and oxygen atoms in total. The number of aliphatic imine (C=N–C) groups is 1. The molecule has 0 unspecified atom stereocenters. The molecule has 0 saturated carbocycles. The number of methoxy groups -OCH3 is 1. The molecule has 0 amide bonds. The third-order valence-electron chi connectivity index (χ3n) is 4.62. The molecule has 0 atom stereocenters. The fourth-order valence-electron chi connectivity index (χ4n) is 3.05. The van der Waals surface area contributed by atoms with Gasteiger partial charge in [-0.05, 0) is 55.3 Å². The topological polar surface area (TPSA) is 76.5 Å². The summed E-state index contributed by atoms with van der Waals surface area (Å²) in [4.78, 5) is 29.3. The lowest BCUT2D eigenvalue weighted by atomic mass is 10.1. The second-order valence-electron chi connectivity index (χ2n) is 6.68. The Morgan fingerprint density at radius 2 is 1.67 bits per heavy atom. The van der Waals surface area contributed by atoms with Crippen molar-refractivity contribution in [3.63, 3.8) is 0 Å². The Morgan fingerprint density at radius 1 is 1.07 bits per heavy atom. The molecule has 0 saturated heterocycles. The maximum atomic E-state index is 13.2. The summed E-state index contributed by atoms with van der Waals surface area (Å²) in [6.45, 7) is 2.07. The lowest BCUT2D eigenvalue weighted by molar-refractivity contribution is -0.139. The number of hydrogen-bond donors (Lipinski definition) is 1. The smallest absolute Gasteiger partial charge is 0.311 e. The molecule has 0 aliphatic rings. The Morgan fingerprint density at radius 3 is 2.27 bits per heavy atom.